The molecular weight excluding hydrogens is 380 g/mol. The van der Waals surface area contributed by atoms with Crippen molar-refractivity contribution < 1.29 is 4.79 Å². The van der Waals surface area contributed by atoms with E-state index in [1.54, 1.807) is 0 Å². The fourth-order valence-electron chi connectivity index (χ4n) is 5.10. The number of rotatable bonds is 5. The van der Waals surface area contributed by atoms with Crippen molar-refractivity contribution in [3.8, 4) is 0 Å². The van der Waals surface area contributed by atoms with Gasteiger partial charge in [0.1, 0.15) is 0 Å². The van der Waals surface area contributed by atoms with Crippen LogP contribution in [-0.4, -0.2) is 11.6 Å². The zero-order valence-electron chi connectivity index (χ0n) is 18.0. The van der Waals surface area contributed by atoms with Gasteiger partial charge in [-0.2, -0.15) is 5.10 Å². The van der Waals surface area contributed by atoms with Crippen LogP contribution in [-0.2, 0) is 23.1 Å². The van der Waals surface area contributed by atoms with E-state index in [0.717, 1.165) is 24.1 Å². The van der Waals surface area contributed by atoms with Crippen LogP contribution in [0.4, 0.5) is 0 Å². The molecule has 3 aromatic rings. The number of hydrazone groups is 1. The number of carbonyl (C=O) groups excluding carboxylic acids is 1. The summed E-state index contributed by atoms with van der Waals surface area (Å²) in [4.78, 5) is 13.1. The average Bonchev–Trinajstić information content (AvgIpc) is 3.60. The van der Waals surface area contributed by atoms with Crippen molar-refractivity contribution in [3.05, 3.63) is 107 Å². The zero-order chi connectivity index (χ0) is 21.3. The lowest BCUT2D eigenvalue weighted by molar-refractivity contribution is -0.122. The van der Waals surface area contributed by atoms with Crippen LogP contribution < -0.4 is 5.43 Å². The summed E-state index contributed by atoms with van der Waals surface area (Å²) in [6.45, 7) is 1.97. The molecule has 1 N–H and O–H groups in total. The summed E-state index contributed by atoms with van der Waals surface area (Å²) in [6, 6.07) is 27.3. The molecule has 156 valence electrons. The lowest BCUT2D eigenvalue weighted by Gasteiger charge is -2.18. The van der Waals surface area contributed by atoms with E-state index < -0.39 is 0 Å². The van der Waals surface area contributed by atoms with Crippen LogP contribution in [0.2, 0.25) is 0 Å². The summed E-state index contributed by atoms with van der Waals surface area (Å²) >= 11 is 0. The Bertz CT molecular complexity index is 1080. The molecule has 0 bridgehead atoms. The third kappa shape index (κ3) is 3.69. The molecule has 1 atom stereocenters. The summed E-state index contributed by atoms with van der Waals surface area (Å²) in [6.07, 6.45) is 5.65. The summed E-state index contributed by atoms with van der Waals surface area (Å²) in [7, 11) is 0. The predicted molar refractivity (Wildman–Crippen MR) is 125 cm³/mol. The Hall–Kier alpha value is -3.20. The number of benzene rings is 3. The monoisotopic (exact) mass is 408 g/mol. The number of hydrogen-bond donors (Lipinski definition) is 1. The highest BCUT2D eigenvalue weighted by molar-refractivity contribution is 5.99. The lowest BCUT2D eigenvalue weighted by Crippen LogP contribution is -2.26. The van der Waals surface area contributed by atoms with Gasteiger partial charge in [0.2, 0.25) is 5.91 Å². The molecule has 0 aliphatic heterocycles. The van der Waals surface area contributed by atoms with Gasteiger partial charge in [0.05, 0.1) is 11.6 Å². The van der Waals surface area contributed by atoms with E-state index >= 15 is 0 Å². The summed E-state index contributed by atoms with van der Waals surface area (Å²) in [5.41, 5.74) is 9.82. The van der Waals surface area contributed by atoms with Gasteiger partial charge in [0.15, 0.2) is 0 Å². The van der Waals surface area contributed by atoms with Crippen LogP contribution in [0.25, 0.3) is 0 Å². The third-order valence-corrected chi connectivity index (χ3v) is 6.96. The zero-order valence-corrected chi connectivity index (χ0v) is 18.0. The Morgan fingerprint density at radius 1 is 0.871 bits per heavy atom. The van der Waals surface area contributed by atoms with Crippen LogP contribution in [0.1, 0.15) is 54.0 Å². The number of aryl methyl sites for hydroxylation is 2. The summed E-state index contributed by atoms with van der Waals surface area (Å²) in [5, 5.41) is 4.47. The van der Waals surface area contributed by atoms with Crippen LogP contribution in [0, 0.1) is 5.92 Å². The summed E-state index contributed by atoms with van der Waals surface area (Å²) in [5.74, 6) is -0.123. The maximum atomic E-state index is 13.1. The Labute approximate surface area is 184 Å². The molecule has 0 heterocycles. The van der Waals surface area contributed by atoms with E-state index in [9.17, 15) is 4.79 Å². The van der Waals surface area contributed by atoms with Gasteiger partial charge >= 0.3 is 0 Å². The Balaban J connectivity index is 1.36. The fraction of sp³-hybridized carbons (Fsp3) is 0.286. The molecule has 5 rings (SSSR count). The minimum absolute atomic E-state index is 0.00924. The van der Waals surface area contributed by atoms with Crippen LogP contribution >= 0.6 is 0 Å². The van der Waals surface area contributed by atoms with Crippen molar-refractivity contribution in [1.82, 2.24) is 5.43 Å². The maximum absolute atomic E-state index is 13.1. The molecule has 0 radical (unpaired) electrons. The van der Waals surface area contributed by atoms with Crippen molar-refractivity contribution in [3.63, 3.8) is 0 Å². The van der Waals surface area contributed by atoms with Gasteiger partial charge in [0, 0.05) is 5.41 Å². The highest BCUT2D eigenvalue weighted by atomic mass is 16.2. The Morgan fingerprint density at radius 3 is 2.13 bits per heavy atom. The van der Waals surface area contributed by atoms with Gasteiger partial charge < -0.3 is 0 Å². The number of carbonyl (C=O) groups is 1. The molecule has 1 saturated carbocycles. The molecule has 0 aromatic heterocycles. The van der Waals surface area contributed by atoms with E-state index in [4.69, 9.17) is 0 Å². The van der Waals surface area contributed by atoms with Crippen molar-refractivity contribution in [1.29, 1.82) is 0 Å². The SMILES string of the molecule is C/C(=N/NC(=O)[C@H]1CC1(c1ccccc1)c1ccccc1)c1ccc2c(c1)CCCC2. The second kappa shape index (κ2) is 8.14. The van der Waals surface area contributed by atoms with Crippen molar-refractivity contribution in [2.45, 2.75) is 44.4 Å². The highest BCUT2D eigenvalue weighted by Crippen LogP contribution is 2.58. The average molecular weight is 409 g/mol. The third-order valence-electron chi connectivity index (χ3n) is 6.96. The Kier molecular flexibility index (Phi) is 5.19. The largest absolute Gasteiger partial charge is 0.273 e. The molecule has 0 spiro atoms. The molecule has 3 aromatic carbocycles. The minimum atomic E-state index is -0.262. The minimum Gasteiger partial charge on any atom is -0.273 e. The quantitative estimate of drug-likeness (QED) is 0.445. The molecular formula is C28H28N2O. The van der Waals surface area contributed by atoms with E-state index in [1.165, 1.54) is 41.5 Å². The first-order valence-electron chi connectivity index (χ1n) is 11.3. The maximum Gasteiger partial charge on any atom is 0.244 e. The van der Waals surface area contributed by atoms with Gasteiger partial charge in [-0.05, 0) is 72.9 Å². The second-order valence-electron chi connectivity index (χ2n) is 8.82. The molecule has 0 saturated heterocycles. The first-order chi connectivity index (χ1) is 15.2. The number of fused-ring (bicyclic) bond motifs is 1. The first kappa shape index (κ1) is 19.7. The standard InChI is InChI=1S/C28H28N2O/c1-20(22-17-16-21-10-8-9-11-23(21)18-22)29-30-27(31)26-19-28(26,24-12-4-2-5-13-24)25-14-6-3-7-15-25/h2-7,12-18,26H,8-11,19H2,1H3,(H,30,31)/b29-20-/t26-/m1/s1. The smallest absolute Gasteiger partial charge is 0.244 e. The number of amides is 1. The van der Waals surface area contributed by atoms with Gasteiger partial charge in [-0.15, -0.1) is 0 Å². The van der Waals surface area contributed by atoms with Crippen LogP contribution in [0.5, 0.6) is 0 Å². The molecule has 3 nitrogen and oxygen atoms in total. The van der Waals surface area contributed by atoms with Gasteiger partial charge in [-0.3, -0.25) is 4.79 Å². The molecule has 0 unspecified atom stereocenters. The van der Waals surface area contributed by atoms with Crippen molar-refractivity contribution >= 4 is 11.6 Å². The Morgan fingerprint density at radius 2 is 1.48 bits per heavy atom. The van der Waals surface area contributed by atoms with Crippen LogP contribution in [0.15, 0.2) is 84.0 Å². The van der Waals surface area contributed by atoms with Crippen molar-refractivity contribution in [2.24, 2.45) is 11.0 Å². The van der Waals surface area contributed by atoms with E-state index in [-0.39, 0.29) is 17.2 Å². The van der Waals surface area contributed by atoms with E-state index in [2.05, 4.69) is 53.0 Å². The predicted octanol–water partition coefficient (Wildman–Crippen LogP) is 5.41. The number of nitrogens with zero attached hydrogens (tertiary/aromatic N) is 1. The lowest BCUT2D eigenvalue weighted by atomic mass is 9.85. The van der Waals surface area contributed by atoms with Gasteiger partial charge in [-0.1, -0.05) is 72.8 Å². The fourth-order valence-corrected chi connectivity index (χ4v) is 5.10. The topological polar surface area (TPSA) is 41.5 Å². The first-order valence-corrected chi connectivity index (χ1v) is 11.3. The number of nitrogens with one attached hydrogen (secondary N) is 1. The second-order valence-corrected chi connectivity index (χ2v) is 8.82. The van der Waals surface area contributed by atoms with Crippen LogP contribution in [0.3, 0.4) is 0 Å². The normalized spacial score (nSPS) is 19.4. The number of hydrogen-bond acceptors (Lipinski definition) is 2. The molecule has 31 heavy (non-hydrogen) atoms. The van der Waals surface area contributed by atoms with Gasteiger partial charge in [0.25, 0.3) is 0 Å². The molecule has 1 fully saturated rings. The molecule has 1 amide bonds. The summed E-state index contributed by atoms with van der Waals surface area (Å²) < 4.78 is 0. The van der Waals surface area contributed by atoms with E-state index in [1.807, 2.05) is 43.3 Å². The molecule has 2 aliphatic carbocycles. The van der Waals surface area contributed by atoms with E-state index in [0.29, 0.717) is 0 Å². The van der Waals surface area contributed by atoms with Crippen molar-refractivity contribution in [2.75, 3.05) is 0 Å². The molecule has 3 heteroatoms. The van der Waals surface area contributed by atoms with Gasteiger partial charge in [-0.25, -0.2) is 5.43 Å². The molecule has 2 aliphatic rings. The highest BCUT2D eigenvalue weighted by Gasteiger charge is 2.60.